The Kier molecular flexibility index (Phi) is 8.26. The largest absolute Gasteiger partial charge is 0.492 e. The van der Waals surface area contributed by atoms with E-state index < -0.39 is 0 Å². The number of nitrogens with one attached hydrogen (secondary N) is 1. The first kappa shape index (κ1) is 27.3. The van der Waals surface area contributed by atoms with Crippen molar-refractivity contribution in [2.75, 3.05) is 26.2 Å². The van der Waals surface area contributed by atoms with Gasteiger partial charge in [-0.3, -0.25) is 19.7 Å². The van der Waals surface area contributed by atoms with Gasteiger partial charge in [-0.15, -0.1) is 0 Å². The van der Waals surface area contributed by atoms with Crippen LogP contribution in [0.2, 0.25) is 0 Å². The smallest absolute Gasteiger partial charge is 0.269 e. The Morgan fingerprint density at radius 3 is 2.00 bits per heavy atom. The Morgan fingerprint density at radius 1 is 0.714 bits per heavy atom. The molecule has 1 amide bonds. The topological polar surface area (TPSA) is 106 Å². The van der Waals surface area contributed by atoms with Gasteiger partial charge in [0.25, 0.3) is 5.91 Å². The first-order valence-corrected chi connectivity index (χ1v) is 14.1. The normalized spacial score (nSPS) is 11.4. The Balaban J connectivity index is 1.15. The molecule has 0 radical (unpaired) electrons. The van der Waals surface area contributed by atoms with Crippen LogP contribution in [-0.4, -0.2) is 52.0 Å². The number of amides is 1. The lowest BCUT2D eigenvalue weighted by Gasteiger charge is -2.22. The molecule has 0 atom stereocenters. The molecule has 0 saturated carbocycles. The number of carbonyl (C=O) groups is 1. The Bertz CT molecular complexity index is 1780. The summed E-state index contributed by atoms with van der Waals surface area (Å²) in [7, 11) is 0. The second-order valence-electron chi connectivity index (χ2n) is 10.1. The van der Waals surface area contributed by atoms with Crippen LogP contribution < -0.4 is 15.8 Å². The van der Waals surface area contributed by atoms with Crippen LogP contribution >= 0.6 is 0 Å². The molecule has 3 heterocycles. The van der Waals surface area contributed by atoms with Crippen LogP contribution in [0.1, 0.15) is 21.9 Å². The highest BCUT2D eigenvalue weighted by Gasteiger charge is 2.13. The summed E-state index contributed by atoms with van der Waals surface area (Å²) in [5, 5.41) is 6.16. The van der Waals surface area contributed by atoms with Gasteiger partial charge in [0.15, 0.2) is 0 Å². The number of ether oxygens (including phenoxy) is 1. The van der Waals surface area contributed by atoms with Crippen LogP contribution in [0.5, 0.6) is 5.75 Å². The first-order chi connectivity index (χ1) is 20.6. The summed E-state index contributed by atoms with van der Waals surface area (Å²) in [6, 6.07) is 33.8. The van der Waals surface area contributed by atoms with E-state index >= 15 is 0 Å². The third-order valence-electron chi connectivity index (χ3n) is 7.08. The summed E-state index contributed by atoms with van der Waals surface area (Å²) in [6.45, 7) is 3.21. The van der Waals surface area contributed by atoms with E-state index in [1.54, 1.807) is 6.07 Å². The van der Waals surface area contributed by atoms with Gasteiger partial charge in [-0.25, -0.2) is 4.98 Å². The van der Waals surface area contributed by atoms with Crippen molar-refractivity contribution < 1.29 is 9.53 Å². The number of aromatic nitrogens is 3. The molecule has 8 nitrogen and oxygen atoms in total. The van der Waals surface area contributed by atoms with E-state index in [0.29, 0.717) is 45.0 Å². The number of benzene rings is 3. The molecule has 210 valence electrons. The van der Waals surface area contributed by atoms with Gasteiger partial charge in [-0.1, -0.05) is 54.6 Å². The number of hydrogen-bond donors (Lipinski definition) is 2. The predicted molar refractivity (Wildman–Crippen MR) is 166 cm³/mol. The summed E-state index contributed by atoms with van der Waals surface area (Å²) in [5.74, 6) is 0.516. The summed E-state index contributed by atoms with van der Waals surface area (Å²) in [5.41, 5.74) is 10.5. The van der Waals surface area contributed by atoms with Crippen molar-refractivity contribution in [3.05, 3.63) is 120 Å². The van der Waals surface area contributed by atoms with E-state index in [2.05, 4.69) is 51.6 Å². The number of fused-ring (bicyclic) bond motifs is 3. The zero-order chi connectivity index (χ0) is 28.7. The molecule has 0 aliphatic carbocycles. The molecule has 0 unspecified atom stereocenters. The molecule has 0 spiro atoms. The lowest BCUT2D eigenvalue weighted by molar-refractivity contribution is 0.0942. The Labute approximate surface area is 244 Å². The van der Waals surface area contributed by atoms with E-state index in [1.807, 2.05) is 60.7 Å². The van der Waals surface area contributed by atoms with Crippen molar-refractivity contribution in [2.24, 2.45) is 5.73 Å². The van der Waals surface area contributed by atoms with Gasteiger partial charge in [0.05, 0.1) is 27.9 Å². The minimum atomic E-state index is -0.215. The van der Waals surface area contributed by atoms with Crippen LogP contribution in [0.25, 0.3) is 32.7 Å². The molecule has 6 rings (SSSR count). The second-order valence-corrected chi connectivity index (χ2v) is 10.1. The molecule has 3 aromatic carbocycles. The molecule has 0 fully saturated rings. The molecule has 6 aromatic rings. The molecule has 0 saturated heterocycles. The van der Waals surface area contributed by atoms with Crippen LogP contribution in [0, 0.1) is 0 Å². The minimum absolute atomic E-state index is 0.215. The first-order valence-electron chi connectivity index (χ1n) is 14.1. The molecule has 0 aliphatic heterocycles. The monoisotopic (exact) mass is 556 g/mol. The number of carbonyl (C=O) groups excluding carboxylic acids is 1. The standard InChI is InChI=1S/C34H32N6O2/c35-17-20-42-29-14-16-32-26(21-29)11-15-33(39-32)34(41)36-18-19-40(22-27-12-9-24-5-1-3-7-30(24)37-27)23-28-13-10-25-6-2-4-8-31(25)38-28/h1-16,21H,17-20,22-23,35H2,(H,36,41). The summed E-state index contributed by atoms with van der Waals surface area (Å²) in [6.07, 6.45) is 0. The third-order valence-corrected chi connectivity index (χ3v) is 7.08. The van der Waals surface area contributed by atoms with Gasteiger partial charge in [-0.05, 0) is 48.5 Å². The van der Waals surface area contributed by atoms with Gasteiger partial charge in [0, 0.05) is 48.9 Å². The van der Waals surface area contributed by atoms with Crippen molar-refractivity contribution >= 4 is 38.6 Å². The van der Waals surface area contributed by atoms with Crippen molar-refractivity contribution in [3.8, 4) is 5.75 Å². The van der Waals surface area contributed by atoms with Crippen LogP contribution in [0.15, 0.2) is 103 Å². The van der Waals surface area contributed by atoms with Crippen LogP contribution in [0.4, 0.5) is 0 Å². The lowest BCUT2D eigenvalue weighted by atomic mass is 10.2. The Hall–Kier alpha value is -4.92. The van der Waals surface area contributed by atoms with Crippen LogP contribution in [0.3, 0.4) is 0 Å². The SMILES string of the molecule is NCCOc1ccc2nc(C(=O)NCCN(Cc3ccc4ccccc4n3)Cc3ccc4ccccc4n3)ccc2c1. The molecular formula is C34H32N6O2. The van der Waals surface area contributed by atoms with E-state index in [0.717, 1.165) is 49.8 Å². The van der Waals surface area contributed by atoms with E-state index in [4.69, 9.17) is 20.4 Å². The number of nitrogens with zero attached hydrogens (tertiary/aromatic N) is 4. The fourth-order valence-electron chi connectivity index (χ4n) is 4.98. The zero-order valence-corrected chi connectivity index (χ0v) is 23.2. The van der Waals surface area contributed by atoms with Gasteiger partial charge >= 0.3 is 0 Å². The second kappa shape index (κ2) is 12.7. The average molecular weight is 557 g/mol. The number of nitrogens with two attached hydrogens (primary N) is 1. The molecule has 42 heavy (non-hydrogen) atoms. The maximum Gasteiger partial charge on any atom is 0.269 e. The van der Waals surface area contributed by atoms with Crippen LogP contribution in [-0.2, 0) is 13.1 Å². The van der Waals surface area contributed by atoms with Crippen molar-refractivity contribution in [1.82, 2.24) is 25.2 Å². The molecule has 0 aliphatic rings. The van der Waals surface area contributed by atoms with E-state index in [-0.39, 0.29) is 5.91 Å². The summed E-state index contributed by atoms with van der Waals surface area (Å²) < 4.78 is 5.60. The highest BCUT2D eigenvalue weighted by Crippen LogP contribution is 2.20. The van der Waals surface area contributed by atoms with Gasteiger partial charge in [0.1, 0.15) is 18.1 Å². The quantitative estimate of drug-likeness (QED) is 0.229. The molecule has 0 bridgehead atoms. The summed E-state index contributed by atoms with van der Waals surface area (Å²) in [4.78, 5) is 29.6. The predicted octanol–water partition coefficient (Wildman–Crippen LogP) is 5.10. The minimum Gasteiger partial charge on any atom is -0.492 e. The van der Waals surface area contributed by atoms with Gasteiger partial charge < -0.3 is 15.8 Å². The summed E-state index contributed by atoms with van der Waals surface area (Å²) >= 11 is 0. The highest BCUT2D eigenvalue weighted by atomic mass is 16.5. The fourth-order valence-corrected chi connectivity index (χ4v) is 4.98. The number of pyridine rings is 3. The average Bonchev–Trinajstić information content (AvgIpc) is 3.03. The lowest BCUT2D eigenvalue weighted by Crippen LogP contribution is -2.35. The number of rotatable bonds is 11. The van der Waals surface area contributed by atoms with Gasteiger partial charge in [0.2, 0.25) is 0 Å². The maximum absolute atomic E-state index is 13.0. The molecular weight excluding hydrogens is 524 g/mol. The third kappa shape index (κ3) is 6.52. The van der Waals surface area contributed by atoms with Crippen molar-refractivity contribution in [3.63, 3.8) is 0 Å². The van der Waals surface area contributed by atoms with Gasteiger partial charge in [-0.2, -0.15) is 0 Å². The molecule has 3 aromatic heterocycles. The highest BCUT2D eigenvalue weighted by molar-refractivity contribution is 5.95. The molecule has 8 heteroatoms. The molecule has 3 N–H and O–H groups in total. The zero-order valence-electron chi connectivity index (χ0n) is 23.2. The van der Waals surface area contributed by atoms with Crippen molar-refractivity contribution in [2.45, 2.75) is 13.1 Å². The van der Waals surface area contributed by atoms with E-state index in [1.165, 1.54) is 0 Å². The van der Waals surface area contributed by atoms with Crippen molar-refractivity contribution in [1.29, 1.82) is 0 Å². The van der Waals surface area contributed by atoms with E-state index in [9.17, 15) is 4.79 Å². The fraction of sp³-hybridized carbons (Fsp3) is 0.176. The Morgan fingerprint density at radius 2 is 1.33 bits per heavy atom. The number of hydrogen-bond acceptors (Lipinski definition) is 7. The maximum atomic E-state index is 13.0. The number of para-hydroxylation sites is 2.